The maximum Gasteiger partial charge on any atom is 0.156 e. The summed E-state index contributed by atoms with van der Waals surface area (Å²) in [6.45, 7) is 17.6. The van der Waals surface area contributed by atoms with Crippen LogP contribution in [0.5, 0.6) is 0 Å². The Morgan fingerprint density at radius 3 is 0.714 bits per heavy atom. The van der Waals surface area contributed by atoms with Crippen LogP contribution in [-0.4, -0.2) is 86.7 Å². The molecule has 0 saturated heterocycles. The molecule has 0 atom stereocenters. The first-order valence-electron chi connectivity index (χ1n) is 7.51. The van der Waals surface area contributed by atoms with Gasteiger partial charge in [0.15, 0.2) is 27.1 Å². The molecule has 0 aliphatic rings. The van der Waals surface area contributed by atoms with E-state index in [1.54, 1.807) is 0 Å². The van der Waals surface area contributed by atoms with Gasteiger partial charge in [0.2, 0.25) is 0 Å². The van der Waals surface area contributed by atoms with E-state index in [0.717, 1.165) is 41.9 Å². The minimum atomic E-state index is -0.931. The summed E-state index contributed by atoms with van der Waals surface area (Å²) in [4.78, 5) is 0. The molecule has 0 aliphatic heterocycles. The average molecular weight is 455 g/mol. The highest BCUT2D eigenvalue weighted by molar-refractivity contribution is 7.12. The summed E-state index contributed by atoms with van der Waals surface area (Å²) in [7, 11) is 2.34. The summed E-state index contributed by atoms with van der Waals surface area (Å²) >= 11 is 0. The molecule has 0 radical (unpaired) electrons. The van der Waals surface area contributed by atoms with E-state index in [2.05, 4.69) is 52.4 Å². The lowest BCUT2D eigenvalue weighted by Gasteiger charge is -2.11. The second kappa shape index (κ2) is 21.8. The molecule has 0 bridgehead atoms. The van der Waals surface area contributed by atoms with E-state index in [0.29, 0.717) is 0 Å². The van der Waals surface area contributed by atoms with Crippen molar-refractivity contribution >= 4 is 86.7 Å². The molecule has 0 amide bonds. The Morgan fingerprint density at radius 2 is 0.714 bits per heavy atom. The normalized spacial score (nSPS) is 11.0. The molecule has 0 rings (SSSR count). The summed E-state index contributed by atoms with van der Waals surface area (Å²) in [5.74, 6) is 0. The van der Waals surface area contributed by atoms with Gasteiger partial charge >= 0.3 is 0 Å². The van der Waals surface area contributed by atoms with Crippen molar-refractivity contribution in [2.24, 2.45) is 0 Å². The third-order valence-corrected chi connectivity index (χ3v) is 21.9. The van der Waals surface area contributed by atoms with E-state index in [9.17, 15) is 0 Å². The molecule has 0 heterocycles. The number of hydrogen-bond acceptors (Lipinski definition) is 4. The van der Waals surface area contributed by atoms with Gasteiger partial charge in [-0.25, -0.2) is 0 Å². The van der Waals surface area contributed by atoms with Gasteiger partial charge in [-0.3, -0.25) is 0 Å². The van der Waals surface area contributed by atoms with Crippen molar-refractivity contribution in [3.05, 3.63) is 0 Å². The van der Waals surface area contributed by atoms with Gasteiger partial charge in [0.25, 0.3) is 0 Å². The predicted octanol–water partition coefficient (Wildman–Crippen LogP) is -3.85. The van der Waals surface area contributed by atoms with Crippen LogP contribution in [0, 0.1) is 0 Å². The Kier molecular flexibility index (Phi) is 31.8. The number of hydrogen-bond donors (Lipinski definition) is 0. The highest BCUT2D eigenvalue weighted by Crippen LogP contribution is 1.90. The summed E-state index contributed by atoms with van der Waals surface area (Å²) in [5.41, 5.74) is 0. The fraction of sp³-hybridized carbons (Fsp3) is 1.00. The van der Waals surface area contributed by atoms with Gasteiger partial charge in [-0.1, -0.05) is 0 Å². The van der Waals surface area contributed by atoms with Crippen molar-refractivity contribution in [2.45, 2.75) is 52.4 Å². The molecule has 13 heteroatoms. The SMILES string of the molecule is C[SiH](C)O[SiH3].C[SiH](C)O[SiH3].C[SiH](C)O[SiH3].C[Si](C)([SiH3])O[SiH3]. The third kappa shape index (κ3) is 73.3. The lowest BCUT2D eigenvalue weighted by Crippen LogP contribution is -2.29. The van der Waals surface area contributed by atoms with Crippen LogP contribution in [0.2, 0.25) is 52.4 Å². The first-order chi connectivity index (χ1) is 9.37. The third-order valence-electron chi connectivity index (χ3n) is 2.03. The zero-order chi connectivity index (χ0) is 18.1. The molecule has 134 valence electrons. The lowest BCUT2D eigenvalue weighted by atomic mass is 11.9. The van der Waals surface area contributed by atoms with Crippen molar-refractivity contribution in [3.63, 3.8) is 0 Å². The maximum atomic E-state index is 5.28. The number of rotatable bonds is 4. The zero-order valence-corrected chi connectivity index (χ0v) is 31.3. The largest absolute Gasteiger partial charge is 0.466 e. The van der Waals surface area contributed by atoms with E-state index in [1.165, 1.54) is 9.76 Å². The van der Waals surface area contributed by atoms with Gasteiger partial charge in [0.1, 0.15) is 49.8 Å². The lowest BCUT2D eigenvalue weighted by molar-refractivity contribution is 0.637. The van der Waals surface area contributed by atoms with Crippen LogP contribution < -0.4 is 0 Å². The van der Waals surface area contributed by atoms with Gasteiger partial charge in [-0.15, -0.1) is 0 Å². The standard InChI is InChI=1S/C2H12OSi3.3C2H10OSi2/c1-6(2,5)3-4;3*1-5(2)3-4/h1-2,4-5H3;3*5H,1-2,4H3. The molecule has 0 spiro atoms. The Bertz CT molecular complexity index is 159. The fourth-order valence-corrected chi connectivity index (χ4v) is 0. The highest BCUT2D eigenvalue weighted by Gasteiger charge is 2.08. The Labute approximate surface area is 155 Å². The second-order valence-electron chi connectivity index (χ2n) is 6.17. The van der Waals surface area contributed by atoms with Crippen LogP contribution in [0.1, 0.15) is 0 Å². The predicted molar refractivity (Wildman–Crippen MR) is 128 cm³/mol. The molecular weight excluding hydrogens is 413 g/mol. The van der Waals surface area contributed by atoms with Crippen LogP contribution in [0.25, 0.3) is 0 Å². The van der Waals surface area contributed by atoms with Gasteiger partial charge in [-0.2, -0.15) is 0 Å². The van der Waals surface area contributed by atoms with Gasteiger partial charge < -0.3 is 16.5 Å². The van der Waals surface area contributed by atoms with E-state index < -0.39 is 35.0 Å². The van der Waals surface area contributed by atoms with Crippen LogP contribution >= 0.6 is 0 Å². The summed E-state index contributed by atoms with van der Waals surface area (Å²) in [6, 6.07) is 0. The summed E-state index contributed by atoms with van der Waals surface area (Å²) in [6.07, 6.45) is 0. The average Bonchev–Trinajstić information content (AvgIpc) is 2.39. The minimum Gasteiger partial charge on any atom is -0.466 e. The van der Waals surface area contributed by atoms with Crippen molar-refractivity contribution in [3.8, 4) is 0 Å². The van der Waals surface area contributed by atoms with E-state index in [1.807, 2.05) is 0 Å². The second-order valence-corrected chi connectivity index (χ2v) is 31.2. The van der Waals surface area contributed by atoms with Gasteiger partial charge in [0, 0.05) is 9.76 Å². The quantitative estimate of drug-likeness (QED) is 0.408. The molecule has 0 aliphatic carbocycles. The zero-order valence-electron chi connectivity index (χ0n) is 16.9. The molecule has 0 aromatic carbocycles. The van der Waals surface area contributed by atoms with Gasteiger partial charge in [0.05, 0.1) is 0 Å². The molecule has 0 aromatic heterocycles. The van der Waals surface area contributed by atoms with E-state index in [-0.39, 0.29) is 0 Å². The molecule has 0 fully saturated rings. The van der Waals surface area contributed by atoms with Crippen LogP contribution in [-0.2, 0) is 16.5 Å². The summed E-state index contributed by atoms with van der Waals surface area (Å²) in [5, 5.41) is 0. The highest BCUT2D eigenvalue weighted by atomic mass is 29.2. The molecule has 0 aromatic rings. The van der Waals surface area contributed by atoms with Crippen molar-refractivity contribution in [2.75, 3.05) is 0 Å². The first kappa shape index (κ1) is 30.6. The van der Waals surface area contributed by atoms with E-state index >= 15 is 0 Å². The fourth-order valence-electron chi connectivity index (χ4n) is 0. The molecule has 4 nitrogen and oxygen atoms in total. The van der Waals surface area contributed by atoms with Crippen molar-refractivity contribution < 1.29 is 16.5 Å². The maximum absolute atomic E-state index is 5.28. The minimum absolute atomic E-state index is 0.588. The summed E-state index contributed by atoms with van der Waals surface area (Å²) < 4.78 is 20.4. The van der Waals surface area contributed by atoms with Crippen LogP contribution in [0.4, 0.5) is 0 Å². The van der Waals surface area contributed by atoms with Crippen molar-refractivity contribution in [1.82, 2.24) is 0 Å². The van der Waals surface area contributed by atoms with Crippen LogP contribution in [0.3, 0.4) is 0 Å². The van der Waals surface area contributed by atoms with Crippen molar-refractivity contribution in [1.29, 1.82) is 0 Å². The van der Waals surface area contributed by atoms with E-state index in [4.69, 9.17) is 16.5 Å². The Balaban J connectivity index is -0.0000000921. The molecular formula is C8H42O4Si9. The first-order valence-corrected chi connectivity index (χ1v) is 25.5. The smallest absolute Gasteiger partial charge is 0.156 e. The topological polar surface area (TPSA) is 36.9 Å². The van der Waals surface area contributed by atoms with Gasteiger partial charge in [-0.05, 0) is 52.4 Å². The molecule has 0 saturated carbocycles. The molecule has 0 unspecified atom stereocenters. The van der Waals surface area contributed by atoms with Crippen LogP contribution in [0.15, 0.2) is 0 Å². The Morgan fingerprint density at radius 1 is 0.619 bits per heavy atom. The molecule has 21 heavy (non-hydrogen) atoms. The Hall–Kier alpha value is 1.79. The monoisotopic (exact) mass is 454 g/mol. The molecule has 0 N–H and O–H groups in total.